The highest BCUT2D eigenvalue weighted by Gasteiger charge is 2.11. The lowest BCUT2D eigenvalue weighted by Gasteiger charge is -2.03. The molecule has 0 spiro atoms. The number of nitrogens with two attached hydrogens (primary N) is 1. The molecule has 0 fully saturated rings. The standard InChI is InChI=1S/C10H14N2O2S/c1-2-3-8-15(13,14)10-6-4-9(12-11)5-7-10/h2-7,12H,8,11H2,1H3/b3-2+. The molecular weight excluding hydrogens is 212 g/mol. The molecule has 0 amide bonds. The molecule has 0 aliphatic heterocycles. The molecule has 5 heteroatoms. The summed E-state index contributed by atoms with van der Waals surface area (Å²) >= 11 is 0. The van der Waals surface area contributed by atoms with Crippen LogP contribution in [-0.4, -0.2) is 14.2 Å². The number of sulfone groups is 1. The summed E-state index contributed by atoms with van der Waals surface area (Å²) in [4.78, 5) is 0.305. The van der Waals surface area contributed by atoms with Crippen molar-refractivity contribution in [2.45, 2.75) is 11.8 Å². The van der Waals surface area contributed by atoms with Crippen LogP contribution >= 0.6 is 0 Å². The Hall–Kier alpha value is -1.33. The van der Waals surface area contributed by atoms with Gasteiger partial charge >= 0.3 is 0 Å². The fraction of sp³-hybridized carbons (Fsp3) is 0.200. The summed E-state index contributed by atoms with van der Waals surface area (Å²) in [6.07, 6.45) is 3.33. The lowest BCUT2D eigenvalue weighted by molar-refractivity contribution is 0.599. The first-order valence-corrected chi connectivity index (χ1v) is 6.16. The van der Waals surface area contributed by atoms with Gasteiger partial charge in [0.15, 0.2) is 9.84 Å². The summed E-state index contributed by atoms with van der Waals surface area (Å²) in [6.45, 7) is 1.79. The van der Waals surface area contributed by atoms with Gasteiger partial charge in [-0.3, -0.25) is 5.84 Å². The van der Waals surface area contributed by atoms with Crippen molar-refractivity contribution >= 4 is 15.5 Å². The van der Waals surface area contributed by atoms with E-state index in [0.717, 1.165) is 0 Å². The average Bonchev–Trinajstić information content (AvgIpc) is 2.26. The molecule has 0 saturated carbocycles. The van der Waals surface area contributed by atoms with E-state index in [1.165, 1.54) is 12.1 Å². The molecule has 4 nitrogen and oxygen atoms in total. The first-order chi connectivity index (χ1) is 7.10. The quantitative estimate of drug-likeness (QED) is 0.461. The smallest absolute Gasteiger partial charge is 0.181 e. The Bertz CT molecular complexity index is 435. The molecule has 0 aliphatic rings. The molecule has 0 aliphatic carbocycles. The second kappa shape index (κ2) is 4.95. The molecular formula is C10H14N2O2S. The average molecular weight is 226 g/mol. The van der Waals surface area contributed by atoms with E-state index in [1.54, 1.807) is 31.2 Å². The van der Waals surface area contributed by atoms with Gasteiger partial charge in [-0.15, -0.1) is 0 Å². The van der Waals surface area contributed by atoms with Crippen LogP contribution in [0.5, 0.6) is 0 Å². The lowest BCUT2D eigenvalue weighted by Crippen LogP contribution is -2.08. The van der Waals surface area contributed by atoms with Crippen LogP contribution in [0.3, 0.4) is 0 Å². The number of allylic oxidation sites excluding steroid dienone is 1. The van der Waals surface area contributed by atoms with Crippen LogP contribution in [0.15, 0.2) is 41.3 Å². The molecule has 3 N–H and O–H groups in total. The molecule has 0 atom stereocenters. The van der Waals surface area contributed by atoms with Crippen molar-refractivity contribution in [3.8, 4) is 0 Å². The normalized spacial score (nSPS) is 11.9. The fourth-order valence-electron chi connectivity index (χ4n) is 1.08. The number of rotatable bonds is 4. The van der Waals surface area contributed by atoms with Gasteiger partial charge in [0.05, 0.1) is 10.6 Å². The third kappa shape index (κ3) is 3.07. The number of hydrogen-bond donors (Lipinski definition) is 2. The van der Waals surface area contributed by atoms with E-state index in [2.05, 4.69) is 5.43 Å². The minimum absolute atomic E-state index is 0.0267. The monoisotopic (exact) mass is 226 g/mol. The number of hydrogen-bond acceptors (Lipinski definition) is 4. The summed E-state index contributed by atoms with van der Waals surface area (Å²) < 4.78 is 23.4. The van der Waals surface area contributed by atoms with Crippen molar-refractivity contribution < 1.29 is 8.42 Å². The van der Waals surface area contributed by atoms with E-state index < -0.39 is 9.84 Å². The van der Waals surface area contributed by atoms with Crippen LogP contribution in [0, 0.1) is 0 Å². The number of hydrazine groups is 1. The molecule has 82 valence electrons. The van der Waals surface area contributed by atoms with Crippen molar-refractivity contribution in [2.75, 3.05) is 11.2 Å². The van der Waals surface area contributed by atoms with Crippen LogP contribution in [0.25, 0.3) is 0 Å². The third-order valence-corrected chi connectivity index (χ3v) is 3.55. The fourth-order valence-corrected chi connectivity index (χ4v) is 2.27. The number of nitrogen functional groups attached to an aromatic ring is 1. The zero-order chi connectivity index (χ0) is 11.3. The van der Waals surface area contributed by atoms with Gasteiger partial charge in [0.2, 0.25) is 0 Å². The molecule has 15 heavy (non-hydrogen) atoms. The predicted octanol–water partition coefficient (Wildman–Crippen LogP) is 1.32. The van der Waals surface area contributed by atoms with E-state index in [0.29, 0.717) is 10.6 Å². The molecule has 0 radical (unpaired) electrons. The van der Waals surface area contributed by atoms with Crippen LogP contribution in [0.2, 0.25) is 0 Å². The van der Waals surface area contributed by atoms with E-state index in [4.69, 9.17) is 5.84 Å². The third-order valence-electron chi connectivity index (χ3n) is 1.93. The minimum Gasteiger partial charge on any atom is -0.324 e. The van der Waals surface area contributed by atoms with Crippen LogP contribution in [-0.2, 0) is 9.84 Å². The van der Waals surface area contributed by atoms with Gasteiger partial charge in [0.1, 0.15) is 0 Å². The summed E-state index contributed by atoms with van der Waals surface area (Å²) in [5, 5.41) is 0. The second-order valence-electron chi connectivity index (χ2n) is 3.02. The number of benzene rings is 1. The molecule has 1 aromatic carbocycles. The van der Waals surface area contributed by atoms with E-state index in [1.807, 2.05) is 0 Å². The highest BCUT2D eigenvalue weighted by molar-refractivity contribution is 7.91. The summed E-state index contributed by atoms with van der Waals surface area (Å²) in [5.74, 6) is 5.21. The maximum Gasteiger partial charge on any atom is 0.181 e. The Balaban J connectivity index is 2.95. The number of anilines is 1. The molecule has 1 rings (SSSR count). The summed E-state index contributed by atoms with van der Waals surface area (Å²) in [7, 11) is -3.20. The summed E-state index contributed by atoms with van der Waals surface area (Å²) in [6, 6.07) is 6.33. The Morgan fingerprint density at radius 3 is 2.40 bits per heavy atom. The highest BCUT2D eigenvalue weighted by Crippen LogP contribution is 2.14. The van der Waals surface area contributed by atoms with Gasteiger partial charge in [0.25, 0.3) is 0 Å². The van der Waals surface area contributed by atoms with Gasteiger partial charge in [0, 0.05) is 5.69 Å². The zero-order valence-corrected chi connectivity index (χ0v) is 9.29. The lowest BCUT2D eigenvalue weighted by atomic mass is 10.3. The molecule has 0 unspecified atom stereocenters. The molecule has 1 aromatic rings. The first-order valence-electron chi connectivity index (χ1n) is 4.51. The van der Waals surface area contributed by atoms with Crippen LogP contribution < -0.4 is 11.3 Å². The second-order valence-corrected chi connectivity index (χ2v) is 5.05. The van der Waals surface area contributed by atoms with Gasteiger partial charge in [-0.1, -0.05) is 12.2 Å². The first kappa shape index (κ1) is 11.7. The predicted molar refractivity (Wildman–Crippen MR) is 61.1 cm³/mol. The van der Waals surface area contributed by atoms with E-state index in [9.17, 15) is 8.42 Å². The van der Waals surface area contributed by atoms with Crippen molar-refractivity contribution in [2.24, 2.45) is 5.84 Å². The van der Waals surface area contributed by atoms with Crippen molar-refractivity contribution in [3.63, 3.8) is 0 Å². The van der Waals surface area contributed by atoms with E-state index >= 15 is 0 Å². The largest absolute Gasteiger partial charge is 0.324 e. The maximum atomic E-state index is 11.7. The van der Waals surface area contributed by atoms with Crippen LogP contribution in [0.1, 0.15) is 6.92 Å². The van der Waals surface area contributed by atoms with E-state index in [-0.39, 0.29) is 5.75 Å². The molecule has 0 aromatic heterocycles. The topological polar surface area (TPSA) is 72.2 Å². The van der Waals surface area contributed by atoms with Gasteiger partial charge in [-0.2, -0.15) is 0 Å². The van der Waals surface area contributed by atoms with Crippen LogP contribution in [0.4, 0.5) is 5.69 Å². The van der Waals surface area contributed by atoms with Gasteiger partial charge in [-0.05, 0) is 31.2 Å². The Morgan fingerprint density at radius 2 is 1.93 bits per heavy atom. The Morgan fingerprint density at radius 1 is 1.33 bits per heavy atom. The Labute approximate surface area is 89.7 Å². The molecule has 0 heterocycles. The van der Waals surface area contributed by atoms with Crippen molar-refractivity contribution in [1.82, 2.24) is 0 Å². The molecule has 0 bridgehead atoms. The Kier molecular flexibility index (Phi) is 3.88. The maximum absolute atomic E-state index is 11.7. The molecule has 0 saturated heterocycles. The summed E-state index contributed by atoms with van der Waals surface area (Å²) in [5.41, 5.74) is 3.12. The van der Waals surface area contributed by atoms with Crippen molar-refractivity contribution in [3.05, 3.63) is 36.4 Å². The zero-order valence-electron chi connectivity index (χ0n) is 8.47. The number of nitrogens with one attached hydrogen (secondary N) is 1. The SMILES string of the molecule is C/C=C/CS(=O)(=O)c1ccc(NN)cc1. The van der Waals surface area contributed by atoms with Crippen molar-refractivity contribution in [1.29, 1.82) is 0 Å². The van der Waals surface area contributed by atoms with Gasteiger partial charge < -0.3 is 5.43 Å². The minimum atomic E-state index is -3.20. The highest BCUT2D eigenvalue weighted by atomic mass is 32.2. The van der Waals surface area contributed by atoms with Gasteiger partial charge in [-0.25, -0.2) is 8.42 Å².